The fourth-order valence-corrected chi connectivity index (χ4v) is 5.95. The van der Waals surface area contributed by atoms with Gasteiger partial charge < -0.3 is 42.6 Å². The van der Waals surface area contributed by atoms with Gasteiger partial charge in [0.05, 0.1) is 13.2 Å². The molecular weight excluding hydrogens is 600 g/mol. The Morgan fingerprint density at radius 3 is 2.11 bits per heavy atom. The summed E-state index contributed by atoms with van der Waals surface area (Å²) in [6.45, 7) is 7.94. The first-order valence-electron chi connectivity index (χ1n) is 15.5. The number of esters is 3. The summed E-state index contributed by atoms with van der Waals surface area (Å²) in [5, 5.41) is 0. The number of carbonyl (C=O) groups excluding carboxylic acids is 3. The lowest BCUT2D eigenvalue weighted by Gasteiger charge is -2.44. The predicted octanol–water partition coefficient (Wildman–Crippen LogP) is 3.72. The summed E-state index contributed by atoms with van der Waals surface area (Å²) < 4.78 is 53.5. The first kappa shape index (κ1) is 34.0. The average molecular weight is 643 g/mol. The van der Waals surface area contributed by atoms with E-state index in [1.165, 1.54) is 20.8 Å². The molecule has 0 amide bonds. The highest BCUT2D eigenvalue weighted by Crippen LogP contribution is 2.40. The van der Waals surface area contributed by atoms with Gasteiger partial charge in [0, 0.05) is 33.8 Å². The van der Waals surface area contributed by atoms with Crippen molar-refractivity contribution >= 4 is 17.9 Å². The molecule has 0 bridgehead atoms. The molecule has 3 saturated heterocycles. The smallest absolute Gasteiger partial charge is 0.303 e. The van der Waals surface area contributed by atoms with Crippen molar-refractivity contribution in [3.8, 4) is 11.1 Å². The lowest BCUT2D eigenvalue weighted by Crippen LogP contribution is -2.61. The third kappa shape index (κ3) is 8.69. The molecule has 0 radical (unpaired) electrons. The number of hydrogen-bond donors (Lipinski definition) is 0. The Morgan fingerprint density at radius 2 is 1.43 bits per heavy atom. The maximum Gasteiger partial charge on any atom is 0.303 e. The molecule has 2 aromatic rings. The van der Waals surface area contributed by atoms with Crippen molar-refractivity contribution in [1.29, 1.82) is 0 Å². The number of ether oxygens (including phenoxy) is 9. The number of carbonyl (C=O) groups is 3. The van der Waals surface area contributed by atoms with Gasteiger partial charge in [-0.1, -0.05) is 54.6 Å². The van der Waals surface area contributed by atoms with E-state index < -0.39 is 72.7 Å². The third-order valence-corrected chi connectivity index (χ3v) is 7.87. The minimum Gasteiger partial charge on any atom is -0.463 e. The van der Waals surface area contributed by atoms with Gasteiger partial charge in [-0.2, -0.15) is 0 Å². The van der Waals surface area contributed by atoms with Crippen molar-refractivity contribution in [3.05, 3.63) is 60.2 Å². The van der Waals surface area contributed by atoms with Gasteiger partial charge in [0.25, 0.3) is 0 Å². The van der Waals surface area contributed by atoms with Crippen LogP contribution in [0.4, 0.5) is 0 Å². The van der Waals surface area contributed by atoms with E-state index in [1.54, 1.807) is 13.8 Å². The van der Waals surface area contributed by atoms with Crippen molar-refractivity contribution in [3.63, 3.8) is 0 Å². The number of fused-ring (bicyclic) bond motifs is 1. The second kappa shape index (κ2) is 15.0. The highest BCUT2D eigenvalue weighted by atomic mass is 16.8. The monoisotopic (exact) mass is 642 g/mol. The van der Waals surface area contributed by atoms with E-state index in [9.17, 15) is 14.4 Å². The summed E-state index contributed by atoms with van der Waals surface area (Å²) in [6.07, 6.45) is -6.30. The Kier molecular flexibility index (Phi) is 11.1. The Hall–Kier alpha value is -3.39. The molecule has 0 saturated carbocycles. The minimum absolute atomic E-state index is 0.127. The van der Waals surface area contributed by atoms with E-state index in [1.807, 2.05) is 42.5 Å². The van der Waals surface area contributed by atoms with Crippen LogP contribution >= 0.6 is 0 Å². The van der Waals surface area contributed by atoms with Crippen LogP contribution in [0.3, 0.4) is 0 Å². The van der Waals surface area contributed by atoms with Gasteiger partial charge in [0.1, 0.15) is 37.1 Å². The zero-order valence-corrected chi connectivity index (χ0v) is 26.7. The fraction of sp³-hybridized carbons (Fsp3) is 0.559. The van der Waals surface area contributed by atoms with Gasteiger partial charge in [-0.3, -0.25) is 14.4 Å². The van der Waals surface area contributed by atoms with Crippen LogP contribution in [-0.2, 0) is 63.6 Å². The molecule has 0 N–H and O–H groups in total. The molecule has 3 aliphatic rings. The molecule has 0 spiro atoms. The van der Waals surface area contributed by atoms with Crippen molar-refractivity contribution in [1.82, 2.24) is 0 Å². The SMILES string of the molecule is CC(=O)OC[C@H]1O[C@@H](O[C@@H]2CCO[C@H](COCc3ccc(-c4ccccc4)cc3)[C@@H]2OC(C)=O)[C@H](OC(C)=O)[C@H]2OC(C)(C)O[C@H]21. The van der Waals surface area contributed by atoms with Crippen molar-refractivity contribution < 1.29 is 57.0 Å². The topological polar surface area (TPSA) is 134 Å². The van der Waals surface area contributed by atoms with Gasteiger partial charge in [-0.05, 0) is 30.5 Å². The quantitative estimate of drug-likeness (QED) is 0.261. The van der Waals surface area contributed by atoms with Crippen LogP contribution in [-0.4, -0.2) is 92.5 Å². The van der Waals surface area contributed by atoms with Crippen molar-refractivity contribution in [2.24, 2.45) is 0 Å². The van der Waals surface area contributed by atoms with E-state index >= 15 is 0 Å². The Bertz CT molecular complexity index is 1330. The predicted molar refractivity (Wildman–Crippen MR) is 161 cm³/mol. The maximum absolute atomic E-state index is 12.2. The second-order valence-corrected chi connectivity index (χ2v) is 12.0. The molecular formula is C34H42O12. The molecule has 0 aromatic heterocycles. The third-order valence-electron chi connectivity index (χ3n) is 7.87. The molecule has 3 heterocycles. The first-order valence-corrected chi connectivity index (χ1v) is 15.5. The van der Waals surface area contributed by atoms with Crippen LogP contribution in [0.5, 0.6) is 0 Å². The molecule has 250 valence electrons. The first-order chi connectivity index (χ1) is 22.0. The molecule has 3 aliphatic heterocycles. The Labute approximate surface area is 268 Å². The zero-order chi connectivity index (χ0) is 32.8. The zero-order valence-electron chi connectivity index (χ0n) is 26.7. The molecule has 0 unspecified atom stereocenters. The summed E-state index contributed by atoms with van der Waals surface area (Å²) in [5.41, 5.74) is 3.20. The minimum atomic E-state index is -1.16. The van der Waals surface area contributed by atoms with Gasteiger partial charge in [-0.25, -0.2) is 0 Å². The summed E-state index contributed by atoms with van der Waals surface area (Å²) in [5.74, 6) is -2.61. The molecule has 12 heteroatoms. The number of benzene rings is 2. The summed E-state index contributed by atoms with van der Waals surface area (Å²) in [4.78, 5) is 36.0. The molecule has 12 nitrogen and oxygen atoms in total. The van der Waals surface area contributed by atoms with Crippen LogP contribution < -0.4 is 0 Å². The lowest BCUT2D eigenvalue weighted by atomic mass is 9.98. The normalized spacial score (nSPS) is 30.2. The van der Waals surface area contributed by atoms with Crippen molar-refractivity contribution in [2.45, 2.75) is 102 Å². The number of rotatable bonds is 11. The number of hydrogen-bond acceptors (Lipinski definition) is 12. The van der Waals surface area contributed by atoms with E-state index in [2.05, 4.69) is 12.1 Å². The summed E-state index contributed by atoms with van der Waals surface area (Å²) in [7, 11) is 0. The van der Waals surface area contributed by atoms with Crippen LogP contribution in [0.2, 0.25) is 0 Å². The fourth-order valence-electron chi connectivity index (χ4n) is 5.95. The highest BCUT2D eigenvalue weighted by Gasteiger charge is 2.58. The van der Waals surface area contributed by atoms with E-state index in [0.717, 1.165) is 16.7 Å². The summed E-state index contributed by atoms with van der Waals surface area (Å²) >= 11 is 0. The van der Waals surface area contributed by atoms with Crippen LogP contribution in [0.1, 0.15) is 46.6 Å². The molecule has 5 rings (SSSR count). The Balaban J connectivity index is 1.28. The lowest BCUT2D eigenvalue weighted by molar-refractivity contribution is -0.315. The molecule has 2 aromatic carbocycles. The average Bonchev–Trinajstić information content (AvgIpc) is 3.34. The van der Waals surface area contributed by atoms with E-state index in [0.29, 0.717) is 19.6 Å². The molecule has 0 aliphatic carbocycles. The van der Waals surface area contributed by atoms with Crippen molar-refractivity contribution in [2.75, 3.05) is 19.8 Å². The van der Waals surface area contributed by atoms with Crippen LogP contribution in [0.25, 0.3) is 11.1 Å². The Morgan fingerprint density at radius 1 is 0.783 bits per heavy atom. The van der Waals surface area contributed by atoms with E-state index in [-0.39, 0.29) is 13.2 Å². The molecule has 3 fully saturated rings. The van der Waals surface area contributed by atoms with Crippen LogP contribution in [0, 0.1) is 0 Å². The highest BCUT2D eigenvalue weighted by molar-refractivity contribution is 5.67. The second-order valence-electron chi connectivity index (χ2n) is 12.0. The van der Waals surface area contributed by atoms with Crippen LogP contribution in [0.15, 0.2) is 54.6 Å². The van der Waals surface area contributed by atoms with Gasteiger partial charge >= 0.3 is 17.9 Å². The standard InChI is InChI=1S/C34H42O12/c1-20(35)40-19-28-30-31(46-34(4,5)45-30)32(42-22(3)37)33(44-28)43-26-15-16-39-27(29(26)41-21(2)36)18-38-17-23-11-13-25(14-12-23)24-9-7-6-8-10-24/h6-14,26-33H,15-19H2,1-5H3/t26-,27-,28-,29-,30+,31+,32-,33-/m1/s1. The molecule has 46 heavy (non-hydrogen) atoms. The van der Waals surface area contributed by atoms with Gasteiger partial charge in [-0.15, -0.1) is 0 Å². The largest absolute Gasteiger partial charge is 0.463 e. The van der Waals surface area contributed by atoms with E-state index in [4.69, 9.17) is 42.6 Å². The van der Waals surface area contributed by atoms with Gasteiger partial charge in [0.15, 0.2) is 24.3 Å². The maximum atomic E-state index is 12.2. The van der Waals surface area contributed by atoms with Gasteiger partial charge in [0.2, 0.25) is 0 Å². The summed E-state index contributed by atoms with van der Waals surface area (Å²) in [6, 6.07) is 18.2. The molecule has 8 atom stereocenters.